The average Bonchev–Trinajstić information content (AvgIpc) is 3.43. The maximum Gasteiger partial charge on any atom is 0.269 e. The molecule has 150 valence electrons. The first-order valence-corrected chi connectivity index (χ1v) is 10.1. The number of nitro benzene ring substituents is 1. The van der Waals surface area contributed by atoms with Crippen LogP contribution in [-0.2, 0) is 0 Å². The van der Waals surface area contributed by atoms with Crippen molar-refractivity contribution in [1.29, 1.82) is 0 Å². The normalized spacial score (nSPS) is 22.1. The van der Waals surface area contributed by atoms with Crippen molar-refractivity contribution in [2.24, 2.45) is 11.0 Å². The number of allylic oxidation sites excluding steroid dienone is 1. The van der Waals surface area contributed by atoms with Crippen molar-refractivity contribution in [2.45, 2.75) is 25.3 Å². The van der Waals surface area contributed by atoms with Gasteiger partial charge < -0.3 is 4.42 Å². The number of fused-ring (bicyclic) bond motifs is 1. The standard InChI is InChI=1S/C24H21N3O3/c28-27(29)20-11-4-8-18(15-20)24-22-13-5-7-17(16-21-12-6-14-30-21)23(22)25-26(24)19-9-2-1-3-10-19/h1-4,6,8-12,14-16,22,24H,5,7,13H2/b17-16+/t22-,24+/m0/s1. The van der Waals surface area contributed by atoms with Crippen molar-refractivity contribution in [3.05, 3.63) is 100 Å². The molecule has 0 spiro atoms. The molecule has 0 N–H and O–H groups in total. The molecule has 0 amide bonds. The van der Waals surface area contributed by atoms with E-state index in [2.05, 4.69) is 6.08 Å². The minimum atomic E-state index is -0.337. The number of rotatable bonds is 4. The van der Waals surface area contributed by atoms with Crippen LogP contribution in [0.4, 0.5) is 11.4 Å². The van der Waals surface area contributed by atoms with E-state index >= 15 is 0 Å². The Morgan fingerprint density at radius 3 is 2.73 bits per heavy atom. The molecule has 2 aliphatic rings. The molecular formula is C24H21N3O3. The Morgan fingerprint density at radius 2 is 1.97 bits per heavy atom. The van der Waals surface area contributed by atoms with E-state index in [9.17, 15) is 10.1 Å². The molecule has 1 aliphatic carbocycles. The molecule has 1 saturated carbocycles. The van der Waals surface area contributed by atoms with Crippen LogP contribution in [0, 0.1) is 16.0 Å². The molecule has 2 atom stereocenters. The Bertz CT molecular complexity index is 1120. The van der Waals surface area contributed by atoms with Gasteiger partial charge in [-0.2, -0.15) is 5.10 Å². The number of hydrazone groups is 1. The van der Waals surface area contributed by atoms with Crippen molar-refractivity contribution < 1.29 is 9.34 Å². The molecule has 3 aromatic rings. The van der Waals surface area contributed by atoms with Crippen LogP contribution < -0.4 is 5.01 Å². The first-order chi connectivity index (χ1) is 14.7. The fourth-order valence-corrected chi connectivity index (χ4v) is 4.50. The molecular weight excluding hydrogens is 378 g/mol. The third-order valence-corrected chi connectivity index (χ3v) is 5.80. The van der Waals surface area contributed by atoms with Crippen LogP contribution in [0.25, 0.3) is 6.08 Å². The summed E-state index contributed by atoms with van der Waals surface area (Å²) in [5, 5.41) is 18.4. The summed E-state index contributed by atoms with van der Waals surface area (Å²) in [4.78, 5) is 11.0. The van der Waals surface area contributed by atoms with Crippen LogP contribution in [0.3, 0.4) is 0 Å². The monoisotopic (exact) mass is 399 g/mol. The molecule has 1 fully saturated rings. The van der Waals surface area contributed by atoms with E-state index in [0.717, 1.165) is 42.0 Å². The Balaban J connectivity index is 1.61. The number of hydrogen-bond acceptors (Lipinski definition) is 5. The summed E-state index contributed by atoms with van der Waals surface area (Å²) in [6.45, 7) is 0. The molecule has 0 bridgehead atoms. The van der Waals surface area contributed by atoms with Gasteiger partial charge in [0.1, 0.15) is 5.76 Å². The number of nitro groups is 1. The highest BCUT2D eigenvalue weighted by Crippen LogP contribution is 2.46. The van der Waals surface area contributed by atoms with E-state index in [1.165, 1.54) is 11.6 Å². The van der Waals surface area contributed by atoms with E-state index in [0.29, 0.717) is 0 Å². The first kappa shape index (κ1) is 18.4. The summed E-state index contributed by atoms with van der Waals surface area (Å²) in [7, 11) is 0. The summed E-state index contributed by atoms with van der Waals surface area (Å²) in [6.07, 6.45) is 6.73. The summed E-state index contributed by atoms with van der Waals surface area (Å²) < 4.78 is 5.53. The van der Waals surface area contributed by atoms with Gasteiger partial charge in [-0.25, -0.2) is 0 Å². The number of anilines is 1. The number of para-hydroxylation sites is 1. The molecule has 6 nitrogen and oxygen atoms in total. The van der Waals surface area contributed by atoms with Gasteiger partial charge in [-0.3, -0.25) is 15.1 Å². The second kappa shape index (κ2) is 7.63. The zero-order valence-electron chi connectivity index (χ0n) is 16.3. The van der Waals surface area contributed by atoms with E-state index in [-0.39, 0.29) is 22.6 Å². The molecule has 1 aromatic heterocycles. The lowest BCUT2D eigenvalue weighted by Crippen LogP contribution is -2.28. The summed E-state index contributed by atoms with van der Waals surface area (Å²) >= 11 is 0. The quantitative estimate of drug-likeness (QED) is 0.399. The van der Waals surface area contributed by atoms with Gasteiger partial charge in [0.05, 0.1) is 28.6 Å². The van der Waals surface area contributed by atoms with Crippen molar-refractivity contribution >= 4 is 23.2 Å². The Hall–Kier alpha value is -3.67. The van der Waals surface area contributed by atoms with Gasteiger partial charge in [0.2, 0.25) is 0 Å². The van der Waals surface area contributed by atoms with Crippen LogP contribution in [0.2, 0.25) is 0 Å². The molecule has 5 rings (SSSR count). The van der Waals surface area contributed by atoms with Crippen LogP contribution in [0.1, 0.15) is 36.6 Å². The third-order valence-electron chi connectivity index (χ3n) is 5.80. The van der Waals surface area contributed by atoms with Crippen molar-refractivity contribution in [1.82, 2.24) is 0 Å². The highest BCUT2D eigenvalue weighted by Gasteiger charge is 2.42. The van der Waals surface area contributed by atoms with E-state index in [4.69, 9.17) is 9.52 Å². The summed E-state index contributed by atoms with van der Waals surface area (Å²) in [5.41, 5.74) is 4.23. The second-order valence-electron chi connectivity index (χ2n) is 7.65. The molecule has 2 aromatic carbocycles. The molecule has 30 heavy (non-hydrogen) atoms. The molecule has 0 saturated heterocycles. The minimum absolute atomic E-state index is 0.0809. The SMILES string of the molecule is O=[N+]([O-])c1cccc([C@@H]2[C@H]3CCC/C(=C\c4ccco4)C3=NN2c2ccccc2)c1. The fraction of sp³-hybridized carbons (Fsp3) is 0.208. The second-order valence-corrected chi connectivity index (χ2v) is 7.65. The van der Waals surface area contributed by atoms with Crippen LogP contribution in [0.15, 0.2) is 88.1 Å². The van der Waals surface area contributed by atoms with Crippen LogP contribution in [-0.4, -0.2) is 10.6 Å². The molecule has 1 aliphatic heterocycles. The number of non-ortho nitro benzene ring substituents is 1. The smallest absolute Gasteiger partial charge is 0.269 e. The van der Waals surface area contributed by atoms with Crippen LogP contribution in [0.5, 0.6) is 0 Å². The Morgan fingerprint density at radius 1 is 1.10 bits per heavy atom. The van der Waals surface area contributed by atoms with Gasteiger partial charge >= 0.3 is 0 Å². The molecule has 0 radical (unpaired) electrons. The summed E-state index contributed by atoms with van der Waals surface area (Å²) in [6, 6.07) is 20.7. The maximum absolute atomic E-state index is 11.4. The highest BCUT2D eigenvalue weighted by atomic mass is 16.6. The van der Waals surface area contributed by atoms with Gasteiger partial charge in [0, 0.05) is 18.1 Å². The van der Waals surface area contributed by atoms with Crippen molar-refractivity contribution in [3.63, 3.8) is 0 Å². The third kappa shape index (κ3) is 3.30. The lowest BCUT2D eigenvalue weighted by atomic mass is 9.77. The van der Waals surface area contributed by atoms with Gasteiger partial charge in [0.15, 0.2) is 0 Å². The number of furan rings is 1. The maximum atomic E-state index is 11.4. The fourth-order valence-electron chi connectivity index (χ4n) is 4.50. The average molecular weight is 399 g/mol. The van der Waals surface area contributed by atoms with Gasteiger partial charge in [0.25, 0.3) is 5.69 Å². The van der Waals surface area contributed by atoms with Gasteiger partial charge in [-0.1, -0.05) is 30.3 Å². The zero-order chi connectivity index (χ0) is 20.5. The zero-order valence-corrected chi connectivity index (χ0v) is 16.3. The predicted octanol–water partition coefficient (Wildman–Crippen LogP) is 5.99. The van der Waals surface area contributed by atoms with Gasteiger partial charge in [-0.15, -0.1) is 0 Å². The van der Waals surface area contributed by atoms with E-state index < -0.39 is 0 Å². The van der Waals surface area contributed by atoms with Crippen LogP contribution >= 0.6 is 0 Å². The minimum Gasteiger partial charge on any atom is -0.465 e. The number of nitrogens with zero attached hydrogens (tertiary/aromatic N) is 3. The van der Waals surface area contributed by atoms with Crippen molar-refractivity contribution in [3.8, 4) is 0 Å². The topological polar surface area (TPSA) is 71.9 Å². The lowest BCUT2D eigenvalue weighted by Gasteiger charge is -2.30. The number of hydrogen-bond donors (Lipinski definition) is 0. The highest BCUT2D eigenvalue weighted by molar-refractivity contribution is 6.08. The van der Waals surface area contributed by atoms with E-state index in [1.807, 2.05) is 53.5 Å². The Labute approximate surface area is 174 Å². The molecule has 6 heteroatoms. The molecule has 2 heterocycles. The van der Waals surface area contributed by atoms with Crippen molar-refractivity contribution in [2.75, 3.05) is 5.01 Å². The predicted molar refractivity (Wildman–Crippen MR) is 116 cm³/mol. The Kier molecular flexibility index (Phi) is 4.67. The summed E-state index contributed by atoms with van der Waals surface area (Å²) in [5.74, 6) is 0.987. The van der Waals surface area contributed by atoms with E-state index in [1.54, 1.807) is 18.4 Å². The number of benzene rings is 2. The lowest BCUT2D eigenvalue weighted by molar-refractivity contribution is -0.384. The largest absolute Gasteiger partial charge is 0.465 e. The van der Waals surface area contributed by atoms with Gasteiger partial charge in [-0.05, 0) is 60.7 Å². The molecule has 0 unspecified atom stereocenters. The first-order valence-electron chi connectivity index (χ1n) is 10.1.